The lowest BCUT2D eigenvalue weighted by molar-refractivity contribution is -0.299. The number of carboxylic acid groups (broad SMARTS) is 1. The number of halogens is 1. The van der Waals surface area contributed by atoms with Crippen LogP contribution in [0, 0.1) is 0 Å². The first-order valence-electron chi connectivity index (χ1n) is 2.10. The zero-order valence-corrected chi connectivity index (χ0v) is 6.28. The van der Waals surface area contributed by atoms with Gasteiger partial charge in [0, 0.05) is 0 Å². The van der Waals surface area contributed by atoms with Crippen LogP contribution >= 0.6 is 15.9 Å². The number of rotatable bonds is 1. The van der Waals surface area contributed by atoms with Gasteiger partial charge in [-0.1, -0.05) is 15.9 Å². The van der Waals surface area contributed by atoms with Crippen LogP contribution in [-0.4, -0.2) is 5.97 Å². The van der Waals surface area contributed by atoms with E-state index < -0.39 is 5.97 Å². The molecule has 0 heterocycles. The Morgan fingerprint density at radius 3 is 1.88 bits per heavy atom. The highest BCUT2D eigenvalue weighted by atomic mass is 79.9. The molecule has 0 aromatic heterocycles. The number of carbonyl (C=O) groups is 1. The summed E-state index contributed by atoms with van der Waals surface area (Å²) in [7, 11) is 0. The van der Waals surface area contributed by atoms with Crippen molar-refractivity contribution >= 4 is 21.9 Å². The molecular weight excluding hydrogens is 172 g/mol. The standard InChI is InChI=1S/C5H7BrO2/c1-3(4(2)6)5(7)8/h1-2H3,(H,7,8)/p-1/b4-3-. The Labute approximate surface area is 56.3 Å². The first-order chi connectivity index (χ1) is 3.55. The van der Waals surface area contributed by atoms with E-state index in [2.05, 4.69) is 15.9 Å². The molecule has 0 aliphatic rings. The summed E-state index contributed by atoms with van der Waals surface area (Å²) in [4.78, 5) is 9.94. The second-order valence-electron chi connectivity index (χ2n) is 1.45. The van der Waals surface area contributed by atoms with E-state index in [4.69, 9.17) is 0 Å². The third-order valence-corrected chi connectivity index (χ3v) is 1.42. The van der Waals surface area contributed by atoms with Gasteiger partial charge in [0.05, 0.1) is 5.97 Å². The van der Waals surface area contributed by atoms with Gasteiger partial charge in [-0.3, -0.25) is 0 Å². The van der Waals surface area contributed by atoms with Gasteiger partial charge in [0.2, 0.25) is 0 Å². The largest absolute Gasteiger partial charge is 0.545 e. The Hall–Kier alpha value is -0.310. The van der Waals surface area contributed by atoms with Crippen molar-refractivity contribution in [2.75, 3.05) is 0 Å². The molecule has 0 amide bonds. The summed E-state index contributed by atoms with van der Waals surface area (Å²) in [6, 6.07) is 0. The number of aliphatic carboxylic acids is 1. The third kappa shape index (κ3) is 2.12. The lowest BCUT2D eigenvalue weighted by Crippen LogP contribution is -2.23. The normalized spacial score (nSPS) is 12.9. The molecule has 0 rings (SSSR count). The summed E-state index contributed by atoms with van der Waals surface area (Å²) in [5.41, 5.74) is 0.241. The molecule has 2 nitrogen and oxygen atoms in total. The van der Waals surface area contributed by atoms with Crippen LogP contribution in [-0.2, 0) is 4.79 Å². The highest BCUT2D eigenvalue weighted by Gasteiger charge is 1.90. The van der Waals surface area contributed by atoms with E-state index in [0.29, 0.717) is 4.48 Å². The first kappa shape index (κ1) is 7.69. The van der Waals surface area contributed by atoms with Crippen molar-refractivity contribution in [3.8, 4) is 0 Å². The smallest absolute Gasteiger partial charge is 0.0679 e. The minimum absolute atomic E-state index is 0.241. The molecule has 0 unspecified atom stereocenters. The Balaban J connectivity index is 4.23. The fourth-order valence-electron chi connectivity index (χ4n) is 0.141. The van der Waals surface area contributed by atoms with Crippen molar-refractivity contribution < 1.29 is 9.90 Å². The predicted octanol–water partition coefficient (Wildman–Crippen LogP) is 0.425. The van der Waals surface area contributed by atoms with E-state index in [0.717, 1.165) is 0 Å². The molecule has 0 N–H and O–H groups in total. The SMILES string of the molecule is C/C(Br)=C(\C)C(=O)[O-]. The lowest BCUT2D eigenvalue weighted by atomic mass is 10.3. The fraction of sp³-hybridized carbons (Fsp3) is 0.400. The lowest BCUT2D eigenvalue weighted by Gasteiger charge is -2.00. The first-order valence-corrected chi connectivity index (χ1v) is 2.89. The zero-order chi connectivity index (χ0) is 6.73. The van der Waals surface area contributed by atoms with Gasteiger partial charge in [-0.05, 0) is 23.9 Å². The molecule has 0 aromatic carbocycles. The molecule has 0 saturated carbocycles. The number of allylic oxidation sites excluding steroid dienone is 1. The molecule has 0 fully saturated rings. The Kier molecular flexibility index (Phi) is 2.76. The van der Waals surface area contributed by atoms with Gasteiger partial charge in [0.15, 0.2) is 0 Å². The quantitative estimate of drug-likeness (QED) is 0.546. The number of hydrogen-bond acceptors (Lipinski definition) is 2. The molecule has 0 spiro atoms. The van der Waals surface area contributed by atoms with Crippen LogP contribution in [0.5, 0.6) is 0 Å². The molecule has 46 valence electrons. The topological polar surface area (TPSA) is 40.1 Å². The Bertz CT molecular complexity index is 133. The molecule has 0 aliphatic heterocycles. The Morgan fingerprint density at radius 2 is 1.88 bits per heavy atom. The summed E-state index contributed by atoms with van der Waals surface area (Å²) in [5, 5.41) is 9.94. The maximum absolute atomic E-state index is 9.94. The average molecular weight is 178 g/mol. The molecule has 0 bridgehead atoms. The summed E-state index contributed by atoms with van der Waals surface area (Å²) in [6.45, 7) is 3.14. The summed E-state index contributed by atoms with van der Waals surface area (Å²) >= 11 is 3.00. The number of carbonyl (C=O) groups excluding carboxylic acids is 1. The van der Waals surface area contributed by atoms with E-state index in [-0.39, 0.29) is 5.57 Å². The summed E-state index contributed by atoms with van der Waals surface area (Å²) < 4.78 is 0.609. The Morgan fingerprint density at radius 1 is 1.50 bits per heavy atom. The third-order valence-electron chi connectivity index (χ3n) is 0.823. The van der Waals surface area contributed by atoms with Crippen molar-refractivity contribution in [2.45, 2.75) is 13.8 Å². The molecule has 0 radical (unpaired) electrons. The minimum atomic E-state index is -1.13. The predicted molar refractivity (Wildman–Crippen MR) is 32.3 cm³/mol. The maximum atomic E-state index is 9.94. The van der Waals surface area contributed by atoms with Crippen molar-refractivity contribution in [3.05, 3.63) is 10.1 Å². The van der Waals surface area contributed by atoms with E-state index in [9.17, 15) is 9.90 Å². The van der Waals surface area contributed by atoms with Crippen molar-refractivity contribution in [3.63, 3.8) is 0 Å². The van der Waals surface area contributed by atoms with Crippen molar-refractivity contribution in [1.29, 1.82) is 0 Å². The van der Waals surface area contributed by atoms with E-state index in [1.54, 1.807) is 6.92 Å². The highest BCUT2D eigenvalue weighted by molar-refractivity contribution is 9.11. The van der Waals surface area contributed by atoms with Crippen molar-refractivity contribution in [2.24, 2.45) is 0 Å². The fourth-order valence-corrected chi connectivity index (χ4v) is 0.303. The molecule has 0 aromatic rings. The van der Waals surface area contributed by atoms with Crippen LogP contribution in [0.3, 0.4) is 0 Å². The van der Waals surface area contributed by atoms with Gasteiger partial charge in [0.25, 0.3) is 0 Å². The van der Waals surface area contributed by atoms with Gasteiger partial charge < -0.3 is 9.90 Å². The van der Waals surface area contributed by atoms with E-state index in [1.165, 1.54) is 6.92 Å². The molecule has 8 heavy (non-hydrogen) atoms. The van der Waals surface area contributed by atoms with Crippen LogP contribution in [0.15, 0.2) is 10.1 Å². The van der Waals surface area contributed by atoms with Crippen LogP contribution in [0.4, 0.5) is 0 Å². The van der Waals surface area contributed by atoms with Gasteiger partial charge in [-0.2, -0.15) is 0 Å². The number of carboxylic acids is 1. The maximum Gasteiger partial charge on any atom is 0.0679 e. The second kappa shape index (κ2) is 2.87. The van der Waals surface area contributed by atoms with E-state index >= 15 is 0 Å². The van der Waals surface area contributed by atoms with Gasteiger partial charge in [-0.25, -0.2) is 0 Å². The molecule has 0 saturated heterocycles. The van der Waals surface area contributed by atoms with Gasteiger partial charge in [0.1, 0.15) is 0 Å². The van der Waals surface area contributed by atoms with Crippen LogP contribution in [0.2, 0.25) is 0 Å². The van der Waals surface area contributed by atoms with E-state index in [1.807, 2.05) is 0 Å². The van der Waals surface area contributed by atoms with Gasteiger partial charge in [-0.15, -0.1) is 0 Å². The van der Waals surface area contributed by atoms with Crippen molar-refractivity contribution in [1.82, 2.24) is 0 Å². The molecule has 3 heteroatoms. The monoisotopic (exact) mass is 177 g/mol. The highest BCUT2D eigenvalue weighted by Crippen LogP contribution is 2.08. The average Bonchev–Trinajstić information content (AvgIpc) is 1.64. The summed E-state index contributed by atoms with van der Waals surface area (Å²) in [5.74, 6) is -1.13. The van der Waals surface area contributed by atoms with Gasteiger partial charge >= 0.3 is 0 Å². The molecule has 0 atom stereocenters. The molecule has 0 aliphatic carbocycles. The van der Waals surface area contributed by atoms with Crippen LogP contribution < -0.4 is 5.11 Å². The summed E-state index contributed by atoms with van der Waals surface area (Å²) in [6.07, 6.45) is 0. The van der Waals surface area contributed by atoms with Crippen LogP contribution in [0.1, 0.15) is 13.8 Å². The van der Waals surface area contributed by atoms with Crippen LogP contribution in [0.25, 0.3) is 0 Å². The minimum Gasteiger partial charge on any atom is -0.545 e. The zero-order valence-electron chi connectivity index (χ0n) is 4.69. The second-order valence-corrected chi connectivity index (χ2v) is 2.64. The number of hydrogen-bond donors (Lipinski definition) is 0. The molecular formula is C5H6BrO2-.